The standard InChI is InChI=1S/C12H9Cl2FN2/c13-10-2-1-3-11(14)12(10)17-6-8-4-9(15)7-16-5-8/h1-5,7,17H,6H2. The molecule has 0 atom stereocenters. The van der Waals surface area contributed by atoms with Crippen molar-refractivity contribution in [3.8, 4) is 0 Å². The molecule has 0 unspecified atom stereocenters. The van der Waals surface area contributed by atoms with Gasteiger partial charge in [-0.15, -0.1) is 0 Å². The minimum Gasteiger partial charge on any atom is -0.378 e. The number of para-hydroxylation sites is 1. The predicted molar refractivity (Wildman–Crippen MR) is 68.0 cm³/mol. The van der Waals surface area contributed by atoms with Gasteiger partial charge in [0.1, 0.15) is 5.82 Å². The van der Waals surface area contributed by atoms with Gasteiger partial charge in [-0.25, -0.2) is 4.39 Å². The number of pyridine rings is 1. The number of hydrogen-bond acceptors (Lipinski definition) is 2. The molecule has 0 aliphatic rings. The van der Waals surface area contributed by atoms with Crippen LogP contribution in [0.2, 0.25) is 10.0 Å². The van der Waals surface area contributed by atoms with E-state index in [0.29, 0.717) is 22.3 Å². The summed E-state index contributed by atoms with van der Waals surface area (Å²) in [5, 5.41) is 4.11. The fraction of sp³-hybridized carbons (Fsp3) is 0.0833. The number of hydrogen-bond donors (Lipinski definition) is 1. The quantitative estimate of drug-likeness (QED) is 0.907. The van der Waals surface area contributed by atoms with Gasteiger partial charge in [-0.05, 0) is 23.8 Å². The lowest BCUT2D eigenvalue weighted by Gasteiger charge is -2.09. The number of benzene rings is 1. The Balaban J connectivity index is 2.13. The molecule has 0 bridgehead atoms. The minimum atomic E-state index is -0.366. The Hall–Kier alpha value is -1.32. The van der Waals surface area contributed by atoms with Crippen LogP contribution in [0, 0.1) is 5.82 Å². The van der Waals surface area contributed by atoms with Gasteiger partial charge >= 0.3 is 0 Å². The molecule has 2 aromatic rings. The Labute approximate surface area is 108 Å². The predicted octanol–water partition coefficient (Wildman–Crippen LogP) is 4.14. The number of nitrogens with one attached hydrogen (secondary N) is 1. The van der Waals surface area contributed by atoms with Gasteiger partial charge in [-0.2, -0.15) is 0 Å². The fourth-order valence-corrected chi connectivity index (χ4v) is 1.94. The highest BCUT2D eigenvalue weighted by Gasteiger charge is 2.04. The minimum absolute atomic E-state index is 0.366. The first-order valence-corrected chi connectivity index (χ1v) is 5.70. The van der Waals surface area contributed by atoms with Crippen molar-refractivity contribution in [3.05, 3.63) is 58.1 Å². The summed E-state index contributed by atoms with van der Waals surface area (Å²) in [6, 6.07) is 6.64. The van der Waals surface area contributed by atoms with Crippen molar-refractivity contribution in [1.82, 2.24) is 4.98 Å². The summed E-state index contributed by atoms with van der Waals surface area (Å²) in [4.78, 5) is 3.76. The molecular weight excluding hydrogens is 262 g/mol. The van der Waals surface area contributed by atoms with Crippen LogP contribution in [0.5, 0.6) is 0 Å². The van der Waals surface area contributed by atoms with E-state index in [0.717, 1.165) is 11.8 Å². The third-order valence-corrected chi connectivity index (χ3v) is 2.82. The number of aromatic nitrogens is 1. The second-order valence-electron chi connectivity index (χ2n) is 3.46. The molecule has 2 rings (SSSR count). The molecule has 88 valence electrons. The summed E-state index contributed by atoms with van der Waals surface area (Å²) >= 11 is 12.0. The van der Waals surface area contributed by atoms with E-state index in [1.807, 2.05) is 0 Å². The summed E-state index contributed by atoms with van der Waals surface area (Å²) in [5.41, 5.74) is 1.36. The summed E-state index contributed by atoms with van der Waals surface area (Å²) in [6.07, 6.45) is 2.74. The second-order valence-corrected chi connectivity index (χ2v) is 4.28. The molecular formula is C12H9Cl2FN2. The van der Waals surface area contributed by atoms with Crippen LogP contribution in [0.25, 0.3) is 0 Å². The van der Waals surface area contributed by atoms with E-state index in [1.165, 1.54) is 6.07 Å². The Morgan fingerprint density at radius 3 is 2.53 bits per heavy atom. The summed E-state index contributed by atoms with van der Waals surface area (Å²) in [5.74, 6) is -0.366. The van der Waals surface area contributed by atoms with E-state index in [9.17, 15) is 4.39 Å². The molecule has 1 heterocycles. The Morgan fingerprint density at radius 2 is 1.88 bits per heavy atom. The normalized spacial score (nSPS) is 10.3. The SMILES string of the molecule is Fc1cncc(CNc2c(Cl)cccc2Cl)c1. The zero-order chi connectivity index (χ0) is 12.3. The monoisotopic (exact) mass is 270 g/mol. The van der Waals surface area contributed by atoms with Crippen LogP contribution < -0.4 is 5.32 Å². The lowest BCUT2D eigenvalue weighted by atomic mass is 10.2. The largest absolute Gasteiger partial charge is 0.378 e. The van der Waals surface area contributed by atoms with Crippen molar-refractivity contribution in [2.24, 2.45) is 0 Å². The van der Waals surface area contributed by atoms with Gasteiger partial charge in [0.15, 0.2) is 0 Å². The molecule has 0 aliphatic heterocycles. The topological polar surface area (TPSA) is 24.9 Å². The van der Waals surface area contributed by atoms with Gasteiger partial charge in [0, 0.05) is 12.7 Å². The number of halogens is 3. The van der Waals surface area contributed by atoms with Crippen LogP contribution in [0.15, 0.2) is 36.7 Å². The smallest absolute Gasteiger partial charge is 0.141 e. The number of nitrogens with zero attached hydrogens (tertiary/aromatic N) is 1. The van der Waals surface area contributed by atoms with Crippen LogP contribution in [-0.2, 0) is 6.54 Å². The van der Waals surface area contributed by atoms with Crippen molar-refractivity contribution in [1.29, 1.82) is 0 Å². The van der Waals surface area contributed by atoms with Crippen LogP contribution in [0.4, 0.5) is 10.1 Å². The van der Waals surface area contributed by atoms with E-state index >= 15 is 0 Å². The number of rotatable bonds is 3. The van der Waals surface area contributed by atoms with E-state index in [2.05, 4.69) is 10.3 Å². The highest BCUT2D eigenvalue weighted by molar-refractivity contribution is 6.39. The van der Waals surface area contributed by atoms with E-state index in [-0.39, 0.29) is 5.82 Å². The Morgan fingerprint density at radius 1 is 1.18 bits per heavy atom. The molecule has 5 heteroatoms. The van der Waals surface area contributed by atoms with E-state index in [4.69, 9.17) is 23.2 Å². The van der Waals surface area contributed by atoms with Crippen molar-refractivity contribution in [2.75, 3.05) is 5.32 Å². The maximum atomic E-state index is 12.9. The molecule has 0 amide bonds. The third-order valence-electron chi connectivity index (χ3n) is 2.19. The highest BCUT2D eigenvalue weighted by Crippen LogP contribution is 2.30. The van der Waals surface area contributed by atoms with Crippen molar-refractivity contribution in [2.45, 2.75) is 6.54 Å². The maximum Gasteiger partial charge on any atom is 0.141 e. The van der Waals surface area contributed by atoms with Crippen molar-refractivity contribution < 1.29 is 4.39 Å². The summed E-state index contributed by atoms with van der Waals surface area (Å²) in [7, 11) is 0. The van der Waals surface area contributed by atoms with Gasteiger partial charge in [-0.1, -0.05) is 29.3 Å². The molecule has 0 saturated carbocycles. The molecule has 1 aromatic carbocycles. The average Bonchev–Trinajstić information content (AvgIpc) is 2.28. The van der Waals surface area contributed by atoms with Crippen LogP contribution in [0.3, 0.4) is 0 Å². The van der Waals surface area contributed by atoms with Gasteiger partial charge in [0.05, 0.1) is 21.9 Å². The molecule has 1 N–H and O–H groups in total. The summed E-state index contributed by atoms with van der Waals surface area (Å²) < 4.78 is 12.9. The van der Waals surface area contributed by atoms with Crippen LogP contribution in [-0.4, -0.2) is 4.98 Å². The van der Waals surface area contributed by atoms with E-state index in [1.54, 1.807) is 24.4 Å². The zero-order valence-corrected chi connectivity index (χ0v) is 10.3. The number of anilines is 1. The first-order chi connectivity index (χ1) is 8.16. The van der Waals surface area contributed by atoms with Gasteiger partial charge < -0.3 is 5.32 Å². The second kappa shape index (κ2) is 5.34. The molecule has 0 radical (unpaired) electrons. The molecule has 0 saturated heterocycles. The first kappa shape index (κ1) is 12.1. The van der Waals surface area contributed by atoms with Crippen LogP contribution in [0.1, 0.15) is 5.56 Å². The lowest BCUT2D eigenvalue weighted by molar-refractivity contribution is 0.619. The van der Waals surface area contributed by atoms with E-state index < -0.39 is 0 Å². The molecule has 0 fully saturated rings. The fourth-order valence-electron chi connectivity index (χ4n) is 1.41. The molecule has 17 heavy (non-hydrogen) atoms. The Kier molecular flexibility index (Phi) is 3.82. The molecule has 0 spiro atoms. The van der Waals surface area contributed by atoms with Gasteiger partial charge in [0.2, 0.25) is 0 Å². The van der Waals surface area contributed by atoms with Gasteiger partial charge in [-0.3, -0.25) is 4.98 Å². The third kappa shape index (κ3) is 3.08. The maximum absolute atomic E-state index is 12.9. The molecule has 1 aromatic heterocycles. The first-order valence-electron chi connectivity index (χ1n) is 4.94. The van der Waals surface area contributed by atoms with Crippen molar-refractivity contribution in [3.63, 3.8) is 0 Å². The van der Waals surface area contributed by atoms with Crippen molar-refractivity contribution >= 4 is 28.9 Å². The lowest BCUT2D eigenvalue weighted by Crippen LogP contribution is -2.01. The van der Waals surface area contributed by atoms with Crippen LogP contribution >= 0.6 is 23.2 Å². The average molecular weight is 271 g/mol. The molecule has 2 nitrogen and oxygen atoms in total. The van der Waals surface area contributed by atoms with Gasteiger partial charge in [0.25, 0.3) is 0 Å². The highest BCUT2D eigenvalue weighted by atomic mass is 35.5. The molecule has 0 aliphatic carbocycles. The zero-order valence-electron chi connectivity index (χ0n) is 8.75. The summed E-state index contributed by atoms with van der Waals surface area (Å²) in [6.45, 7) is 0.411. The Bertz CT molecular complexity index is 511.